The summed E-state index contributed by atoms with van der Waals surface area (Å²) in [7, 11) is 0. The first-order valence-electron chi connectivity index (χ1n) is 10.1. The molecule has 0 saturated heterocycles. The fraction of sp³-hybridized carbons (Fsp3) is 0.375. The molecule has 28 heavy (non-hydrogen) atoms. The lowest BCUT2D eigenvalue weighted by molar-refractivity contribution is 0.287. The van der Waals surface area contributed by atoms with Crippen molar-refractivity contribution in [1.29, 1.82) is 0 Å². The molecule has 0 atom stereocenters. The molecule has 2 heterocycles. The van der Waals surface area contributed by atoms with Crippen LogP contribution in [0.5, 0.6) is 5.75 Å². The van der Waals surface area contributed by atoms with E-state index in [0.717, 1.165) is 60.1 Å². The van der Waals surface area contributed by atoms with Gasteiger partial charge >= 0.3 is 5.63 Å². The van der Waals surface area contributed by atoms with Gasteiger partial charge in [-0.25, -0.2) is 4.79 Å². The number of ether oxygens (including phenoxy) is 1. The molecule has 3 aromatic rings. The molecule has 0 unspecified atom stereocenters. The number of hydrogen-bond acceptors (Lipinski definition) is 4. The highest BCUT2D eigenvalue weighted by Crippen LogP contribution is 2.38. The average molecular weight is 375 g/mol. The van der Waals surface area contributed by atoms with Crippen LogP contribution in [0.1, 0.15) is 46.2 Å². The minimum absolute atomic E-state index is 0.169. The highest BCUT2D eigenvalue weighted by molar-refractivity contribution is 5.87. The third-order valence-electron chi connectivity index (χ3n) is 6.07. The van der Waals surface area contributed by atoms with Crippen LogP contribution >= 0.6 is 0 Å². The van der Waals surface area contributed by atoms with Crippen molar-refractivity contribution in [2.75, 3.05) is 11.6 Å². The van der Waals surface area contributed by atoms with Gasteiger partial charge in [-0.05, 0) is 81.3 Å². The predicted molar refractivity (Wildman–Crippen MR) is 111 cm³/mol. The van der Waals surface area contributed by atoms with Crippen LogP contribution in [0, 0.1) is 20.8 Å². The molecule has 5 rings (SSSR count). The molecule has 0 saturated carbocycles. The number of fused-ring (bicyclic) bond motifs is 4. The normalized spacial score (nSPS) is 15.9. The van der Waals surface area contributed by atoms with Crippen molar-refractivity contribution in [2.24, 2.45) is 0 Å². The number of aryl methyl sites for hydroxylation is 4. The molecule has 2 aromatic carbocycles. The molecule has 0 amide bonds. The first kappa shape index (κ1) is 17.4. The Balaban J connectivity index is 1.64. The quantitative estimate of drug-likeness (QED) is 0.564. The van der Waals surface area contributed by atoms with Gasteiger partial charge in [0.15, 0.2) is 6.73 Å². The van der Waals surface area contributed by atoms with Crippen LogP contribution in [0.25, 0.3) is 11.0 Å². The van der Waals surface area contributed by atoms with Crippen LogP contribution in [0.2, 0.25) is 0 Å². The molecule has 1 aliphatic heterocycles. The van der Waals surface area contributed by atoms with Crippen LogP contribution in [0.15, 0.2) is 33.5 Å². The Bertz CT molecular complexity index is 1140. The number of anilines is 1. The Morgan fingerprint density at radius 3 is 2.39 bits per heavy atom. The predicted octanol–water partition coefficient (Wildman–Crippen LogP) is 4.95. The van der Waals surface area contributed by atoms with Crippen LogP contribution < -0.4 is 15.3 Å². The van der Waals surface area contributed by atoms with Gasteiger partial charge in [-0.1, -0.05) is 6.07 Å². The van der Waals surface area contributed by atoms with E-state index in [9.17, 15) is 4.79 Å². The molecule has 4 nitrogen and oxygen atoms in total. The van der Waals surface area contributed by atoms with E-state index in [4.69, 9.17) is 9.15 Å². The molecule has 0 radical (unpaired) electrons. The van der Waals surface area contributed by atoms with Crippen LogP contribution in [-0.2, 0) is 19.4 Å². The molecule has 0 fully saturated rings. The number of benzene rings is 2. The van der Waals surface area contributed by atoms with Crippen molar-refractivity contribution in [2.45, 2.75) is 53.0 Å². The van der Waals surface area contributed by atoms with Gasteiger partial charge in [-0.15, -0.1) is 0 Å². The van der Waals surface area contributed by atoms with E-state index in [1.807, 2.05) is 6.92 Å². The Kier molecular flexibility index (Phi) is 3.97. The minimum atomic E-state index is -0.169. The zero-order chi connectivity index (χ0) is 19.4. The third-order valence-corrected chi connectivity index (χ3v) is 6.07. The van der Waals surface area contributed by atoms with E-state index in [1.165, 1.54) is 22.4 Å². The van der Waals surface area contributed by atoms with E-state index in [1.54, 1.807) is 0 Å². The highest BCUT2D eigenvalue weighted by atomic mass is 16.5. The first-order chi connectivity index (χ1) is 13.5. The standard InChI is InChI=1S/C24H25NO3/c1-14-8-15(2)10-18(9-14)25-12-17-11-21-19-6-4-5-7-20(19)24(26)28-23(21)16(3)22(17)27-13-25/h8-11H,4-7,12-13H2,1-3H3. The second kappa shape index (κ2) is 6.40. The molecule has 0 spiro atoms. The van der Waals surface area contributed by atoms with Gasteiger partial charge in [-0.3, -0.25) is 0 Å². The zero-order valence-corrected chi connectivity index (χ0v) is 16.7. The first-order valence-corrected chi connectivity index (χ1v) is 10.1. The number of hydrogen-bond donors (Lipinski definition) is 0. The molecular weight excluding hydrogens is 350 g/mol. The van der Waals surface area contributed by atoms with Crippen LogP contribution in [0.3, 0.4) is 0 Å². The van der Waals surface area contributed by atoms with Crippen LogP contribution in [0.4, 0.5) is 5.69 Å². The number of rotatable bonds is 1. The maximum Gasteiger partial charge on any atom is 0.339 e. The molecule has 144 valence electrons. The second-order valence-electron chi connectivity index (χ2n) is 8.24. The molecule has 1 aliphatic carbocycles. The monoisotopic (exact) mass is 375 g/mol. The summed E-state index contributed by atoms with van der Waals surface area (Å²) in [6.45, 7) is 7.55. The summed E-state index contributed by atoms with van der Waals surface area (Å²) >= 11 is 0. The van der Waals surface area contributed by atoms with E-state index in [0.29, 0.717) is 12.3 Å². The summed E-state index contributed by atoms with van der Waals surface area (Å²) in [6.07, 6.45) is 3.98. The van der Waals surface area contributed by atoms with Crippen molar-refractivity contribution in [1.82, 2.24) is 0 Å². The Morgan fingerprint density at radius 1 is 0.929 bits per heavy atom. The van der Waals surface area contributed by atoms with Gasteiger partial charge in [0, 0.05) is 34.3 Å². The maximum atomic E-state index is 12.5. The fourth-order valence-corrected chi connectivity index (χ4v) is 4.80. The summed E-state index contributed by atoms with van der Waals surface area (Å²) < 4.78 is 11.9. The van der Waals surface area contributed by atoms with Crippen molar-refractivity contribution < 1.29 is 9.15 Å². The van der Waals surface area contributed by atoms with Gasteiger partial charge in [-0.2, -0.15) is 0 Å². The van der Waals surface area contributed by atoms with Gasteiger partial charge < -0.3 is 14.1 Å². The van der Waals surface area contributed by atoms with Crippen molar-refractivity contribution >= 4 is 16.7 Å². The maximum absolute atomic E-state index is 12.5. The largest absolute Gasteiger partial charge is 0.472 e. The van der Waals surface area contributed by atoms with Crippen molar-refractivity contribution in [3.8, 4) is 5.75 Å². The van der Waals surface area contributed by atoms with E-state index < -0.39 is 0 Å². The molecule has 1 aromatic heterocycles. The Morgan fingerprint density at radius 2 is 1.64 bits per heavy atom. The molecule has 2 aliphatic rings. The Hall–Kier alpha value is -2.75. The molecular formula is C24H25NO3. The highest BCUT2D eigenvalue weighted by Gasteiger charge is 2.26. The number of nitrogens with zero attached hydrogens (tertiary/aromatic N) is 1. The van der Waals surface area contributed by atoms with Gasteiger partial charge in [0.2, 0.25) is 0 Å². The summed E-state index contributed by atoms with van der Waals surface area (Å²) in [5.41, 5.74) is 8.39. The molecule has 0 bridgehead atoms. The topological polar surface area (TPSA) is 42.7 Å². The lowest BCUT2D eigenvalue weighted by Gasteiger charge is -2.32. The zero-order valence-electron chi connectivity index (χ0n) is 16.7. The van der Waals surface area contributed by atoms with Gasteiger partial charge in [0.05, 0.1) is 0 Å². The van der Waals surface area contributed by atoms with E-state index in [-0.39, 0.29) is 5.63 Å². The van der Waals surface area contributed by atoms with E-state index in [2.05, 4.69) is 43.0 Å². The smallest absolute Gasteiger partial charge is 0.339 e. The van der Waals surface area contributed by atoms with Crippen molar-refractivity contribution in [3.05, 3.63) is 68.1 Å². The SMILES string of the molecule is Cc1cc(C)cc(N2COc3c(cc4c5c(c(=O)oc4c3C)CCCC5)C2)c1. The van der Waals surface area contributed by atoms with Crippen LogP contribution in [-0.4, -0.2) is 6.73 Å². The summed E-state index contributed by atoms with van der Waals surface area (Å²) in [6, 6.07) is 8.79. The average Bonchev–Trinajstić information content (AvgIpc) is 2.68. The fourth-order valence-electron chi connectivity index (χ4n) is 4.80. The Labute approximate surface area is 164 Å². The summed E-state index contributed by atoms with van der Waals surface area (Å²) in [5, 5.41) is 1.09. The lowest BCUT2D eigenvalue weighted by atomic mass is 9.89. The lowest BCUT2D eigenvalue weighted by Crippen LogP contribution is -2.32. The van der Waals surface area contributed by atoms with Gasteiger partial charge in [0.25, 0.3) is 0 Å². The summed E-state index contributed by atoms with van der Waals surface area (Å²) in [5.74, 6) is 0.868. The second-order valence-corrected chi connectivity index (χ2v) is 8.24. The minimum Gasteiger partial charge on any atom is -0.472 e. The van der Waals surface area contributed by atoms with Crippen molar-refractivity contribution in [3.63, 3.8) is 0 Å². The summed E-state index contributed by atoms with van der Waals surface area (Å²) in [4.78, 5) is 14.7. The third kappa shape index (κ3) is 2.70. The van der Waals surface area contributed by atoms with Gasteiger partial charge in [0.1, 0.15) is 11.3 Å². The van der Waals surface area contributed by atoms with E-state index >= 15 is 0 Å². The molecule has 4 heteroatoms. The molecule has 0 N–H and O–H groups in total.